The van der Waals surface area contributed by atoms with Crippen molar-refractivity contribution < 1.29 is 14.6 Å². The molecule has 0 aliphatic heterocycles. The van der Waals surface area contributed by atoms with Gasteiger partial charge >= 0.3 is 0 Å². The van der Waals surface area contributed by atoms with Gasteiger partial charge < -0.3 is 5.11 Å². The predicted octanol–water partition coefficient (Wildman–Crippen LogP) is 1.73. The standard InChI is InChI=1S/C8H13FO2/c9-11-8-4-1-7(10,2-5-8)3-6-8/h10H,1-6H2. The summed E-state index contributed by atoms with van der Waals surface area (Å²) in [6.07, 6.45) is 4.16. The van der Waals surface area contributed by atoms with Gasteiger partial charge in [-0.3, -0.25) is 0 Å². The van der Waals surface area contributed by atoms with E-state index in [1.165, 1.54) is 0 Å². The molecule has 64 valence electrons. The fourth-order valence-corrected chi connectivity index (χ4v) is 2.25. The predicted molar refractivity (Wildman–Crippen MR) is 37.6 cm³/mol. The Bertz CT molecular complexity index is 145. The Morgan fingerprint density at radius 1 is 1.00 bits per heavy atom. The monoisotopic (exact) mass is 160 g/mol. The van der Waals surface area contributed by atoms with Crippen molar-refractivity contribution in [2.75, 3.05) is 0 Å². The van der Waals surface area contributed by atoms with Gasteiger partial charge in [0.1, 0.15) is 5.60 Å². The van der Waals surface area contributed by atoms with Gasteiger partial charge in [-0.1, -0.05) is 0 Å². The molecule has 0 amide bonds. The first kappa shape index (κ1) is 7.50. The second kappa shape index (κ2) is 2.17. The van der Waals surface area contributed by atoms with Crippen LogP contribution in [0.1, 0.15) is 38.5 Å². The molecule has 2 nitrogen and oxygen atoms in total. The molecule has 0 spiro atoms. The maximum atomic E-state index is 12.1. The molecule has 2 bridgehead atoms. The fourth-order valence-electron chi connectivity index (χ4n) is 2.25. The van der Waals surface area contributed by atoms with Crippen molar-refractivity contribution in [2.24, 2.45) is 0 Å². The summed E-state index contributed by atoms with van der Waals surface area (Å²) in [6, 6.07) is 0. The van der Waals surface area contributed by atoms with E-state index in [4.69, 9.17) is 0 Å². The van der Waals surface area contributed by atoms with Gasteiger partial charge in [0.25, 0.3) is 0 Å². The van der Waals surface area contributed by atoms with Gasteiger partial charge in [0, 0.05) is 0 Å². The zero-order chi connectivity index (χ0) is 7.95. The van der Waals surface area contributed by atoms with Crippen LogP contribution in [0.3, 0.4) is 0 Å². The molecule has 11 heavy (non-hydrogen) atoms. The van der Waals surface area contributed by atoms with E-state index in [1.54, 1.807) is 0 Å². The van der Waals surface area contributed by atoms with Crippen molar-refractivity contribution in [3.05, 3.63) is 0 Å². The summed E-state index contributed by atoms with van der Waals surface area (Å²) in [6.45, 7) is 0. The maximum Gasteiger partial charge on any atom is 0.109 e. The van der Waals surface area contributed by atoms with E-state index in [2.05, 4.69) is 4.94 Å². The second-order valence-electron chi connectivity index (χ2n) is 3.98. The van der Waals surface area contributed by atoms with Crippen molar-refractivity contribution in [3.8, 4) is 0 Å². The first-order valence-electron chi connectivity index (χ1n) is 4.20. The molecule has 0 aromatic rings. The van der Waals surface area contributed by atoms with Gasteiger partial charge in [-0.15, -0.1) is 0 Å². The molecule has 3 aliphatic carbocycles. The minimum absolute atomic E-state index is 0.486. The fraction of sp³-hybridized carbons (Fsp3) is 1.00. The van der Waals surface area contributed by atoms with Gasteiger partial charge in [-0.25, -0.2) is 0 Å². The molecule has 1 N–H and O–H groups in total. The number of aliphatic hydroxyl groups is 1. The van der Waals surface area contributed by atoms with E-state index < -0.39 is 11.2 Å². The molecule has 0 heterocycles. The third-order valence-electron chi connectivity index (χ3n) is 3.30. The minimum atomic E-state index is -0.523. The molecule has 3 saturated carbocycles. The normalized spacial score (nSPS) is 49.6. The Labute approximate surface area is 65.3 Å². The van der Waals surface area contributed by atoms with Gasteiger partial charge in [-0.05, 0) is 43.1 Å². The van der Waals surface area contributed by atoms with Gasteiger partial charge in [-0.2, -0.15) is 4.94 Å². The van der Waals surface area contributed by atoms with Gasteiger partial charge in [0.2, 0.25) is 0 Å². The lowest BCUT2D eigenvalue weighted by Crippen LogP contribution is -2.50. The highest BCUT2D eigenvalue weighted by atomic mass is 19.3. The highest BCUT2D eigenvalue weighted by Crippen LogP contribution is 2.48. The Hall–Kier alpha value is -0.150. The lowest BCUT2D eigenvalue weighted by atomic mass is 9.65. The zero-order valence-electron chi connectivity index (χ0n) is 6.48. The molecule has 0 aromatic carbocycles. The third-order valence-corrected chi connectivity index (χ3v) is 3.30. The van der Waals surface area contributed by atoms with Crippen LogP contribution in [0.15, 0.2) is 0 Å². The van der Waals surface area contributed by atoms with E-state index in [9.17, 15) is 9.63 Å². The van der Waals surface area contributed by atoms with Crippen molar-refractivity contribution >= 4 is 0 Å². The van der Waals surface area contributed by atoms with Crippen molar-refractivity contribution in [1.29, 1.82) is 0 Å². The Morgan fingerprint density at radius 3 is 1.82 bits per heavy atom. The zero-order valence-corrected chi connectivity index (χ0v) is 6.48. The molecular weight excluding hydrogens is 147 g/mol. The average Bonchev–Trinajstić information content (AvgIpc) is 2.07. The van der Waals surface area contributed by atoms with Crippen LogP contribution in [0.2, 0.25) is 0 Å². The molecule has 3 aliphatic rings. The summed E-state index contributed by atoms with van der Waals surface area (Å²) in [5.74, 6) is 0. The third kappa shape index (κ3) is 1.07. The van der Waals surface area contributed by atoms with E-state index in [1.807, 2.05) is 0 Å². The number of hydrogen-bond acceptors (Lipinski definition) is 2. The number of halogens is 1. The molecule has 0 unspecified atom stereocenters. The SMILES string of the molecule is OC12CCC(OF)(CC1)CC2. The minimum Gasteiger partial charge on any atom is -0.390 e. The quantitative estimate of drug-likeness (QED) is 0.633. The molecule has 3 heteroatoms. The van der Waals surface area contributed by atoms with E-state index >= 15 is 0 Å². The molecule has 0 atom stereocenters. The summed E-state index contributed by atoms with van der Waals surface area (Å²) in [7, 11) is 0. The van der Waals surface area contributed by atoms with Crippen LogP contribution >= 0.6 is 0 Å². The van der Waals surface area contributed by atoms with Crippen LogP contribution in [0, 0.1) is 0 Å². The van der Waals surface area contributed by atoms with Crippen LogP contribution in [-0.4, -0.2) is 16.3 Å². The number of hydrogen-bond donors (Lipinski definition) is 1. The Kier molecular flexibility index (Phi) is 1.48. The van der Waals surface area contributed by atoms with Crippen molar-refractivity contribution in [1.82, 2.24) is 0 Å². The van der Waals surface area contributed by atoms with Crippen LogP contribution in [-0.2, 0) is 4.94 Å². The Morgan fingerprint density at radius 2 is 1.45 bits per heavy atom. The smallest absolute Gasteiger partial charge is 0.109 e. The summed E-state index contributed by atoms with van der Waals surface area (Å²) in [5.41, 5.74) is -1.01. The molecular formula is C8H13FO2. The highest BCUT2D eigenvalue weighted by molar-refractivity contribution is 5.00. The van der Waals surface area contributed by atoms with Crippen LogP contribution in [0.25, 0.3) is 0 Å². The topological polar surface area (TPSA) is 29.5 Å². The lowest BCUT2D eigenvalue weighted by Gasteiger charge is -2.48. The summed E-state index contributed by atoms with van der Waals surface area (Å²) < 4.78 is 12.1. The van der Waals surface area contributed by atoms with Crippen LogP contribution in [0.4, 0.5) is 4.53 Å². The first-order valence-corrected chi connectivity index (χ1v) is 4.20. The van der Waals surface area contributed by atoms with Gasteiger partial charge in [0.05, 0.1) is 5.60 Å². The van der Waals surface area contributed by atoms with Crippen LogP contribution < -0.4 is 0 Å². The number of fused-ring (bicyclic) bond motifs is 3. The largest absolute Gasteiger partial charge is 0.390 e. The highest BCUT2D eigenvalue weighted by Gasteiger charge is 2.49. The maximum absolute atomic E-state index is 12.1. The molecule has 0 aromatic heterocycles. The van der Waals surface area contributed by atoms with E-state index in [-0.39, 0.29) is 0 Å². The number of rotatable bonds is 1. The molecule has 0 saturated heterocycles. The Balaban J connectivity index is 2.12. The average molecular weight is 160 g/mol. The van der Waals surface area contributed by atoms with E-state index in [0.717, 1.165) is 0 Å². The summed E-state index contributed by atoms with van der Waals surface area (Å²) in [5, 5.41) is 9.75. The first-order chi connectivity index (χ1) is 5.18. The van der Waals surface area contributed by atoms with Crippen molar-refractivity contribution in [3.63, 3.8) is 0 Å². The van der Waals surface area contributed by atoms with E-state index in [0.29, 0.717) is 38.5 Å². The van der Waals surface area contributed by atoms with Crippen LogP contribution in [0.5, 0.6) is 0 Å². The summed E-state index contributed by atoms with van der Waals surface area (Å²) in [4.78, 5) is 4.00. The molecule has 3 rings (SSSR count). The molecule has 3 fully saturated rings. The van der Waals surface area contributed by atoms with Crippen molar-refractivity contribution in [2.45, 2.75) is 49.7 Å². The lowest BCUT2D eigenvalue weighted by molar-refractivity contribution is -0.280. The summed E-state index contributed by atoms with van der Waals surface area (Å²) >= 11 is 0. The van der Waals surface area contributed by atoms with Gasteiger partial charge in [0.15, 0.2) is 0 Å². The second-order valence-corrected chi connectivity index (χ2v) is 3.98. The molecule has 0 radical (unpaired) electrons.